The van der Waals surface area contributed by atoms with E-state index in [9.17, 15) is 18.0 Å². The van der Waals surface area contributed by atoms with E-state index in [1.165, 1.54) is 0 Å². The van der Waals surface area contributed by atoms with Crippen molar-refractivity contribution in [1.82, 2.24) is 25.3 Å². The van der Waals surface area contributed by atoms with Crippen LogP contribution in [-0.2, 0) is 17.5 Å². The van der Waals surface area contributed by atoms with Crippen molar-refractivity contribution in [3.63, 3.8) is 0 Å². The molecule has 1 aliphatic heterocycles. The number of anilines is 2. The summed E-state index contributed by atoms with van der Waals surface area (Å²) in [5.74, 6) is 1.11. The zero-order chi connectivity index (χ0) is 23.4. The molecule has 1 aliphatic rings. The lowest BCUT2D eigenvalue weighted by Crippen LogP contribution is -2.33. The van der Waals surface area contributed by atoms with Crippen LogP contribution in [0.5, 0.6) is 0 Å². The van der Waals surface area contributed by atoms with E-state index in [2.05, 4.69) is 30.4 Å². The minimum Gasteiger partial charge on any atom is -0.378 e. The molecular formula is C19H22F3N7O3S. The van der Waals surface area contributed by atoms with Gasteiger partial charge in [-0.1, -0.05) is 5.16 Å². The lowest BCUT2D eigenvalue weighted by Gasteiger charge is -2.30. The topological polar surface area (TPSA) is 122 Å². The van der Waals surface area contributed by atoms with E-state index in [0.717, 1.165) is 37.3 Å². The predicted molar refractivity (Wildman–Crippen MR) is 113 cm³/mol. The molecule has 0 aliphatic carbocycles. The number of ether oxygens (including phenoxy) is 1. The Hall–Kier alpha value is -3.00. The number of thiazole rings is 1. The molecule has 1 saturated heterocycles. The zero-order valence-corrected chi connectivity index (χ0v) is 18.4. The van der Waals surface area contributed by atoms with Crippen molar-refractivity contribution in [3.8, 4) is 0 Å². The number of H-pyrrole nitrogens is 1. The highest BCUT2D eigenvalue weighted by molar-refractivity contribution is 7.13. The van der Waals surface area contributed by atoms with E-state index in [0.29, 0.717) is 11.7 Å². The Bertz CT molecular complexity index is 1090. The summed E-state index contributed by atoms with van der Waals surface area (Å²) < 4.78 is 50.2. The van der Waals surface area contributed by atoms with Gasteiger partial charge in [-0.05, 0) is 19.8 Å². The van der Waals surface area contributed by atoms with E-state index in [4.69, 9.17) is 9.26 Å². The molecule has 14 heteroatoms. The maximum Gasteiger partial charge on any atom is 0.423 e. The second kappa shape index (κ2) is 9.87. The number of rotatable bonds is 8. The molecule has 33 heavy (non-hydrogen) atoms. The quantitative estimate of drug-likeness (QED) is 0.496. The smallest absolute Gasteiger partial charge is 0.378 e. The highest BCUT2D eigenvalue weighted by atomic mass is 32.1. The molecule has 0 radical (unpaired) electrons. The monoisotopic (exact) mass is 485 g/mol. The fourth-order valence-electron chi connectivity index (χ4n) is 3.61. The van der Waals surface area contributed by atoms with Crippen LogP contribution >= 0.6 is 11.3 Å². The molecule has 1 fully saturated rings. The molecule has 1 atom stereocenters. The maximum atomic E-state index is 13.1. The molecule has 0 saturated carbocycles. The summed E-state index contributed by atoms with van der Waals surface area (Å²) in [6.07, 6.45) is -0.335. The number of hydrogen-bond acceptors (Lipinski definition) is 10. The number of alkyl halides is 3. The van der Waals surface area contributed by atoms with Crippen LogP contribution in [-0.4, -0.2) is 51.1 Å². The van der Waals surface area contributed by atoms with E-state index in [1.54, 1.807) is 29.6 Å². The molecule has 1 unspecified atom stereocenters. The summed E-state index contributed by atoms with van der Waals surface area (Å²) in [4.78, 5) is 22.5. The van der Waals surface area contributed by atoms with Crippen molar-refractivity contribution in [2.24, 2.45) is 0 Å². The first-order valence-corrected chi connectivity index (χ1v) is 11.2. The van der Waals surface area contributed by atoms with Gasteiger partial charge in [0.15, 0.2) is 11.0 Å². The van der Waals surface area contributed by atoms with Crippen LogP contribution in [0.15, 0.2) is 27.1 Å². The number of aromatic amines is 1. The van der Waals surface area contributed by atoms with Gasteiger partial charge in [-0.25, -0.2) is 10.1 Å². The van der Waals surface area contributed by atoms with Gasteiger partial charge in [-0.3, -0.25) is 4.79 Å². The maximum absolute atomic E-state index is 13.1. The highest BCUT2D eigenvalue weighted by Gasteiger charge is 2.37. The number of nitrogens with zero attached hydrogens (tertiary/aromatic N) is 5. The van der Waals surface area contributed by atoms with Crippen LogP contribution in [0.3, 0.4) is 0 Å². The Kier molecular flexibility index (Phi) is 6.93. The number of hydrogen-bond donors (Lipinski definition) is 2. The molecule has 10 nitrogen and oxygen atoms in total. The first kappa shape index (κ1) is 23.2. The third-order valence-corrected chi connectivity index (χ3v) is 6.00. The molecule has 0 aromatic carbocycles. The molecule has 4 heterocycles. The van der Waals surface area contributed by atoms with Crippen LogP contribution in [0, 0.1) is 0 Å². The summed E-state index contributed by atoms with van der Waals surface area (Å²) >= 11 is 1.61. The highest BCUT2D eigenvalue weighted by Crippen LogP contribution is 2.32. The first-order valence-electron chi connectivity index (χ1n) is 10.3. The van der Waals surface area contributed by atoms with Crippen molar-refractivity contribution in [3.05, 3.63) is 45.4 Å². The summed E-state index contributed by atoms with van der Waals surface area (Å²) in [7, 11) is 0. The normalized spacial score (nSPS) is 16.2. The molecule has 178 valence electrons. The lowest BCUT2D eigenvalue weighted by atomic mass is 9.96. The average Bonchev–Trinajstić information content (AvgIpc) is 3.45. The summed E-state index contributed by atoms with van der Waals surface area (Å²) in [6.45, 7) is 3.42. The van der Waals surface area contributed by atoms with Crippen molar-refractivity contribution in [1.29, 1.82) is 0 Å². The summed E-state index contributed by atoms with van der Waals surface area (Å²) in [5, 5.41) is 14.9. The third-order valence-electron chi connectivity index (χ3n) is 5.17. The van der Waals surface area contributed by atoms with Crippen molar-refractivity contribution in [2.75, 3.05) is 29.9 Å². The van der Waals surface area contributed by atoms with E-state index < -0.39 is 29.0 Å². The van der Waals surface area contributed by atoms with Crippen LogP contribution < -0.4 is 15.8 Å². The van der Waals surface area contributed by atoms with Gasteiger partial charge in [0, 0.05) is 36.6 Å². The van der Waals surface area contributed by atoms with Crippen LogP contribution in [0.2, 0.25) is 0 Å². The predicted octanol–water partition coefficient (Wildman–Crippen LogP) is 3.03. The van der Waals surface area contributed by atoms with Gasteiger partial charge in [0.05, 0.1) is 18.5 Å². The third kappa shape index (κ3) is 5.68. The lowest BCUT2D eigenvalue weighted by molar-refractivity contribution is -0.138. The second-order valence-electron chi connectivity index (χ2n) is 7.67. The Morgan fingerprint density at radius 3 is 2.88 bits per heavy atom. The molecule has 2 N–H and O–H groups in total. The second-order valence-corrected chi connectivity index (χ2v) is 8.54. The van der Waals surface area contributed by atoms with Crippen molar-refractivity contribution in [2.45, 2.75) is 44.5 Å². The molecule has 4 rings (SSSR count). The molecule has 3 aromatic rings. The van der Waals surface area contributed by atoms with E-state index in [1.807, 2.05) is 5.38 Å². The zero-order valence-electron chi connectivity index (χ0n) is 17.6. The molecule has 0 spiro atoms. The van der Waals surface area contributed by atoms with Crippen molar-refractivity contribution >= 4 is 22.2 Å². The standard InChI is InChI=1S/C19H22F3N7O3S/c1-11(25-13-8-24-27-17(30)15(13)19(20,21)22)9-31-10-14-26-16(28-32-14)12-2-5-29(6-3-12)18-23-4-7-33-18/h4,7-8,11-12H,2-3,5-6,9-10H2,1H3,(H2,25,27,30). The Morgan fingerprint density at radius 2 is 2.18 bits per heavy atom. The minimum atomic E-state index is -4.81. The summed E-state index contributed by atoms with van der Waals surface area (Å²) in [6, 6.07) is -0.535. The van der Waals surface area contributed by atoms with Gasteiger partial charge in [0.25, 0.3) is 11.4 Å². The van der Waals surface area contributed by atoms with Gasteiger partial charge < -0.3 is 19.5 Å². The summed E-state index contributed by atoms with van der Waals surface area (Å²) in [5.41, 5.74) is -3.05. The van der Waals surface area contributed by atoms with Gasteiger partial charge in [0.2, 0.25) is 0 Å². The van der Waals surface area contributed by atoms with Crippen LogP contribution in [0.4, 0.5) is 24.0 Å². The Labute approximate surface area is 190 Å². The largest absolute Gasteiger partial charge is 0.423 e. The Balaban J connectivity index is 1.25. The number of nitrogens with one attached hydrogen (secondary N) is 2. The molecular weight excluding hydrogens is 463 g/mol. The molecule has 3 aromatic heterocycles. The first-order chi connectivity index (χ1) is 15.8. The van der Waals surface area contributed by atoms with E-state index in [-0.39, 0.29) is 19.1 Å². The number of aromatic nitrogens is 5. The SMILES string of the molecule is CC(COCc1nc(C2CCN(c3nccs3)CC2)no1)Nc1cn[nH]c(=O)c1C(F)(F)F. The van der Waals surface area contributed by atoms with Crippen LogP contribution in [0.1, 0.15) is 43.0 Å². The van der Waals surface area contributed by atoms with E-state index >= 15 is 0 Å². The molecule has 0 bridgehead atoms. The van der Waals surface area contributed by atoms with Gasteiger partial charge >= 0.3 is 6.18 Å². The van der Waals surface area contributed by atoms with Gasteiger partial charge in [-0.15, -0.1) is 11.3 Å². The number of piperidine rings is 1. The fourth-order valence-corrected chi connectivity index (χ4v) is 4.31. The number of halogens is 3. The van der Waals surface area contributed by atoms with Crippen molar-refractivity contribution < 1.29 is 22.4 Å². The van der Waals surface area contributed by atoms with Gasteiger partial charge in [0.1, 0.15) is 12.2 Å². The Morgan fingerprint density at radius 1 is 1.39 bits per heavy atom. The van der Waals surface area contributed by atoms with Crippen LogP contribution in [0.25, 0.3) is 0 Å². The minimum absolute atomic E-state index is 0.0245. The fraction of sp³-hybridized carbons (Fsp3) is 0.526. The molecule has 0 amide bonds. The average molecular weight is 485 g/mol. The van der Waals surface area contributed by atoms with Gasteiger partial charge in [-0.2, -0.15) is 23.3 Å².